The van der Waals surface area contributed by atoms with E-state index in [2.05, 4.69) is 46.4 Å². The van der Waals surface area contributed by atoms with E-state index < -0.39 is 0 Å². The fourth-order valence-electron chi connectivity index (χ4n) is 2.05. The summed E-state index contributed by atoms with van der Waals surface area (Å²) in [6, 6.07) is 0. The van der Waals surface area contributed by atoms with Gasteiger partial charge in [0.15, 0.2) is 5.78 Å². The maximum atomic E-state index is 12.1. The summed E-state index contributed by atoms with van der Waals surface area (Å²) >= 11 is 1.73. The van der Waals surface area contributed by atoms with E-state index in [-0.39, 0.29) is 11.2 Å². The molecule has 0 N–H and O–H groups in total. The SMILES string of the molecule is CCCCN1C(C)=C(C)S/C1=C\C(=O)CC(C)(C)C. The number of hydrogen-bond donors (Lipinski definition) is 0. The fourth-order valence-corrected chi connectivity index (χ4v) is 3.15. The van der Waals surface area contributed by atoms with Crippen LogP contribution < -0.4 is 0 Å². The molecule has 0 amide bonds. The van der Waals surface area contributed by atoms with E-state index in [1.807, 2.05) is 6.08 Å². The van der Waals surface area contributed by atoms with Gasteiger partial charge in [0.1, 0.15) is 0 Å². The molecule has 1 aliphatic rings. The molecule has 0 saturated carbocycles. The molecule has 108 valence electrons. The van der Waals surface area contributed by atoms with Crippen LogP contribution in [0.4, 0.5) is 0 Å². The lowest BCUT2D eigenvalue weighted by molar-refractivity contribution is -0.116. The van der Waals surface area contributed by atoms with Crippen molar-refractivity contribution in [2.45, 2.75) is 60.8 Å². The van der Waals surface area contributed by atoms with Crippen molar-refractivity contribution in [1.29, 1.82) is 0 Å². The van der Waals surface area contributed by atoms with Crippen LogP contribution in [-0.2, 0) is 4.79 Å². The summed E-state index contributed by atoms with van der Waals surface area (Å²) in [4.78, 5) is 15.7. The molecule has 0 unspecified atom stereocenters. The molecule has 3 heteroatoms. The van der Waals surface area contributed by atoms with Crippen molar-refractivity contribution in [2.24, 2.45) is 5.41 Å². The van der Waals surface area contributed by atoms with Crippen molar-refractivity contribution < 1.29 is 4.79 Å². The molecule has 0 bridgehead atoms. The van der Waals surface area contributed by atoms with E-state index in [0.29, 0.717) is 6.42 Å². The lowest BCUT2D eigenvalue weighted by Gasteiger charge is -2.21. The summed E-state index contributed by atoms with van der Waals surface area (Å²) in [5, 5.41) is 1.11. The second kappa shape index (κ2) is 6.65. The molecule has 0 atom stereocenters. The van der Waals surface area contributed by atoms with Crippen LogP contribution >= 0.6 is 11.8 Å². The summed E-state index contributed by atoms with van der Waals surface area (Å²) in [6.45, 7) is 13.8. The third kappa shape index (κ3) is 5.06. The average Bonchev–Trinajstić information content (AvgIpc) is 2.49. The molecule has 0 aliphatic carbocycles. The van der Waals surface area contributed by atoms with Gasteiger partial charge in [-0.3, -0.25) is 4.79 Å². The molecular weight excluding hydrogens is 254 g/mol. The second-order valence-corrected chi connectivity index (χ2v) is 7.67. The van der Waals surface area contributed by atoms with Gasteiger partial charge in [-0.2, -0.15) is 0 Å². The Hall–Kier alpha value is -0.700. The van der Waals surface area contributed by atoms with Crippen molar-refractivity contribution >= 4 is 17.5 Å². The molecule has 2 nitrogen and oxygen atoms in total. The number of carbonyl (C=O) groups is 1. The highest BCUT2D eigenvalue weighted by Gasteiger charge is 2.24. The number of hydrogen-bond acceptors (Lipinski definition) is 3. The minimum absolute atomic E-state index is 0.0587. The molecule has 0 spiro atoms. The Balaban J connectivity index is 2.79. The van der Waals surface area contributed by atoms with E-state index >= 15 is 0 Å². The summed E-state index contributed by atoms with van der Waals surface area (Å²) in [6.07, 6.45) is 4.79. The van der Waals surface area contributed by atoms with E-state index in [9.17, 15) is 4.79 Å². The highest BCUT2D eigenvalue weighted by atomic mass is 32.2. The van der Waals surface area contributed by atoms with Crippen LogP contribution in [0.1, 0.15) is 60.8 Å². The first-order chi connectivity index (χ1) is 8.74. The number of ketones is 1. The van der Waals surface area contributed by atoms with Crippen LogP contribution in [-0.4, -0.2) is 17.2 Å². The van der Waals surface area contributed by atoms with E-state index in [1.54, 1.807) is 11.8 Å². The summed E-state index contributed by atoms with van der Waals surface area (Å²) in [5.74, 6) is 0.235. The standard InChI is InChI=1S/C16H27NOS/c1-7-8-9-17-12(2)13(3)19-15(17)10-14(18)11-16(4,5)6/h10H,7-9,11H2,1-6H3/b15-10-. The van der Waals surface area contributed by atoms with Crippen molar-refractivity contribution in [3.05, 3.63) is 21.7 Å². The highest BCUT2D eigenvalue weighted by molar-refractivity contribution is 8.06. The first kappa shape index (κ1) is 16.4. The van der Waals surface area contributed by atoms with Crippen molar-refractivity contribution in [3.8, 4) is 0 Å². The normalized spacial score (nSPS) is 18.6. The van der Waals surface area contributed by atoms with Gasteiger partial charge in [0.25, 0.3) is 0 Å². The van der Waals surface area contributed by atoms with E-state index in [4.69, 9.17) is 0 Å². The largest absolute Gasteiger partial charge is 0.339 e. The third-order valence-corrected chi connectivity index (χ3v) is 4.31. The Kier molecular flexibility index (Phi) is 5.72. The molecule has 1 rings (SSSR count). The van der Waals surface area contributed by atoms with Crippen LogP contribution in [0.25, 0.3) is 0 Å². The van der Waals surface area contributed by atoms with Crippen LogP contribution in [0, 0.1) is 5.41 Å². The average molecular weight is 281 g/mol. The van der Waals surface area contributed by atoms with Gasteiger partial charge in [-0.1, -0.05) is 45.9 Å². The molecule has 1 aliphatic heterocycles. The van der Waals surface area contributed by atoms with Crippen molar-refractivity contribution in [3.63, 3.8) is 0 Å². The van der Waals surface area contributed by atoms with Crippen LogP contribution in [0.2, 0.25) is 0 Å². The Bertz CT molecular complexity index is 401. The molecule has 0 aromatic heterocycles. The van der Waals surface area contributed by atoms with Gasteiger partial charge < -0.3 is 4.90 Å². The van der Waals surface area contributed by atoms with Gasteiger partial charge in [-0.25, -0.2) is 0 Å². The van der Waals surface area contributed by atoms with Crippen LogP contribution in [0.3, 0.4) is 0 Å². The van der Waals surface area contributed by atoms with Gasteiger partial charge in [-0.15, -0.1) is 0 Å². The van der Waals surface area contributed by atoms with E-state index in [1.165, 1.54) is 17.0 Å². The number of allylic oxidation sites excluding steroid dienone is 3. The zero-order chi connectivity index (χ0) is 14.6. The predicted molar refractivity (Wildman–Crippen MR) is 84.7 cm³/mol. The molecular formula is C16H27NOS. The van der Waals surface area contributed by atoms with Gasteiger partial charge in [0.2, 0.25) is 0 Å². The van der Waals surface area contributed by atoms with Gasteiger partial charge in [0.05, 0.1) is 5.03 Å². The summed E-state index contributed by atoms with van der Waals surface area (Å²) in [5.41, 5.74) is 1.36. The van der Waals surface area contributed by atoms with Gasteiger partial charge >= 0.3 is 0 Å². The molecule has 0 fully saturated rings. The zero-order valence-electron chi connectivity index (χ0n) is 13.2. The fraction of sp³-hybridized carbons (Fsp3) is 0.688. The number of thioether (sulfide) groups is 1. The summed E-state index contributed by atoms with van der Waals surface area (Å²) < 4.78 is 0. The maximum absolute atomic E-state index is 12.1. The zero-order valence-corrected chi connectivity index (χ0v) is 14.0. The number of nitrogens with zero attached hydrogens (tertiary/aromatic N) is 1. The molecule has 0 radical (unpaired) electrons. The smallest absolute Gasteiger partial charge is 0.158 e. The van der Waals surface area contributed by atoms with Crippen molar-refractivity contribution in [1.82, 2.24) is 4.90 Å². The number of carbonyl (C=O) groups excluding carboxylic acids is 1. The second-order valence-electron chi connectivity index (χ2n) is 6.44. The Labute approximate surface area is 122 Å². The quantitative estimate of drug-likeness (QED) is 0.666. The Morgan fingerprint density at radius 2 is 1.95 bits per heavy atom. The van der Waals surface area contributed by atoms with Gasteiger partial charge in [0, 0.05) is 29.6 Å². The minimum Gasteiger partial charge on any atom is -0.339 e. The monoisotopic (exact) mass is 281 g/mol. The highest BCUT2D eigenvalue weighted by Crippen LogP contribution is 2.40. The molecule has 19 heavy (non-hydrogen) atoms. The van der Waals surface area contributed by atoms with Crippen molar-refractivity contribution in [2.75, 3.05) is 6.54 Å². The first-order valence-corrected chi connectivity index (χ1v) is 7.93. The van der Waals surface area contributed by atoms with Gasteiger partial charge in [-0.05, 0) is 25.7 Å². The maximum Gasteiger partial charge on any atom is 0.158 e. The summed E-state index contributed by atoms with van der Waals surface area (Å²) in [7, 11) is 0. The lowest BCUT2D eigenvalue weighted by Crippen LogP contribution is -2.19. The molecule has 0 saturated heterocycles. The third-order valence-electron chi connectivity index (χ3n) is 3.16. The Morgan fingerprint density at radius 3 is 2.47 bits per heavy atom. The predicted octanol–water partition coefficient (Wildman–Crippen LogP) is 4.93. The van der Waals surface area contributed by atoms with E-state index in [0.717, 1.165) is 18.0 Å². The first-order valence-electron chi connectivity index (χ1n) is 7.12. The topological polar surface area (TPSA) is 20.3 Å². The lowest BCUT2D eigenvalue weighted by atomic mass is 9.90. The number of unbranched alkanes of at least 4 members (excludes halogenated alkanes) is 1. The Morgan fingerprint density at radius 1 is 1.32 bits per heavy atom. The molecule has 0 aromatic carbocycles. The van der Waals surface area contributed by atoms with Crippen LogP contribution in [0.15, 0.2) is 21.7 Å². The number of rotatable bonds is 5. The minimum atomic E-state index is 0.0587. The molecule has 0 aromatic rings. The van der Waals surface area contributed by atoms with Crippen LogP contribution in [0.5, 0.6) is 0 Å². The molecule has 1 heterocycles.